The van der Waals surface area contributed by atoms with Crippen LogP contribution < -0.4 is 5.32 Å². The zero-order valence-corrected chi connectivity index (χ0v) is 7.66. The average molecular weight is 182 g/mol. The molecular formula is C7H14ClNO2. The summed E-state index contributed by atoms with van der Waals surface area (Å²) < 4.78 is 19.1. The van der Waals surface area contributed by atoms with Crippen LogP contribution >= 0.6 is 11.6 Å². The van der Waals surface area contributed by atoms with Gasteiger partial charge in [0.15, 0.2) is 0 Å². The summed E-state index contributed by atoms with van der Waals surface area (Å²) in [6.07, 6.45) is -0.807. The predicted molar refractivity (Wildman–Crippen MR) is 45.0 cm³/mol. The van der Waals surface area contributed by atoms with Crippen molar-refractivity contribution in [3.8, 4) is 0 Å². The Morgan fingerprint density at radius 2 is 2.27 bits per heavy atom. The maximum absolute atomic E-state index is 11.0. The third-order valence-corrected chi connectivity index (χ3v) is 0.790. The van der Waals surface area contributed by atoms with E-state index in [4.69, 9.17) is 19.1 Å². The highest BCUT2D eigenvalue weighted by molar-refractivity contribution is 6.18. The van der Waals surface area contributed by atoms with Crippen molar-refractivity contribution in [3.05, 3.63) is 0 Å². The molecule has 1 amide bonds. The highest BCUT2D eigenvalue weighted by atomic mass is 35.5. The third kappa shape index (κ3) is 7.46. The molecule has 0 saturated carbocycles. The Bertz CT molecular complexity index is 191. The van der Waals surface area contributed by atoms with Gasteiger partial charge >= 0.3 is 6.09 Å². The lowest BCUT2D eigenvalue weighted by molar-refractivity contribution is 0.0531. The summed E-state index contributed by atoms with van der Waals surface area (Å²) >= 11 is 5.26. The molecule has 0 unspecified atom stereocenters. The van der Waals surface area contributed by atoms with E-state index in [2.05, 4.69) is 0 Å². The van der Waals surface area contributed by atoms with Gasteiger partial charge in [0.25, 0.3) is 0 Å². The summed E-state index contributed by atoms with van der Waals surface area (Å²) in [5.41, 5.74) is -0.632. The molecule has 0 aromatic rings. The van der Waals surface area contributed by atoms with E-state index in [9.17, 15) is 4.79 Å². The fourth-order valence-electron chi connectivity index (χ4n) is 0.409. The van der Waals surface area contributed by atoms with Crippen molar-refractivity contribution in [1.29, 1.82) is 0 Å². The van der Waals surface area contributed by atoms with Gasteiger partial charge in [-0.05, 0) is 20.8 Å². The molecule has 0 aliphatic rings. The zero-order chi connectivity index (χ0) is 10.7. The van der Waals surface area contributed by atoms with Crippen LogP contribution in [0, 0.1) is 0 Å². The van der Waals surface area contributed by atoms with Gasteiger partial charge in [0.05, 0.1) is 2.74 Å². The molecule has 0 aromatic heterocycles. The van der Waals surface area contributed by atoms with Crippen LogP contribution in [0.3, 0.4) is 0 Å². The van der Waals surface area contributed by atoms with Crippen LogP contribution in [0.2, 0.25) is 0 Å². The Kier molecular flexibility index (Phi) is 2.92. The van der Waals surface area contributed by atoms with Gasteiger partial charge in [-0.3, -0.25) is 0 Å². The van der Waals surface area contributed by atoms with Crippen LogP contribution in [-0.4, -0.2) is 24.1 Å². The van der Waals surface area contributed by atoms with Crippen LogP contribution in [0.4, 0.5) is 4.79 Å². The number of alkyl halides is 1. The first-order valence-corrected chi connectivity index (χ1v) is 3.77. The van der Waals surface area contributed by atoms with Gasteiger partial charge in [-0.25, -0.2) is 4.79 Å². The number of alkyl carbamates (subject to hydrolysis) is 1. The van der Waals surface area contributed by atoms with Gasteiger partial charge in [0, 0.05) is 12.4 Å². The van der Waals surface area contributed by atoms with Crippen molar-refractivity contribution in [2.24, 2.45) is 0 Å². The minimum Gasteiger partial charge on any atom is -0.444 e. The molecule has 0 bridgehead atoms. The van der Waals surface area contributed by atoms with E-state index < -0.39 is 18.2 Å². The van der Waals surface area contributed by atoms with Gasteiger partial charge in [0.1, 0.15) is 5.60 Å². The van der Waals surface area contributed by atoms with Crippen molar-refractivity contribution in [1.82, 2.24) is 5.32 Å². The molecule has 11 heavy (non-hydrogen) atoms. The fourth-order valence-corrected chi connectivity index (χ4v) is 0.476. The molecular weight excluding hydrogens is 166 g/mol. The second kappa shape index (κ2) is 4.44. The summed E-state index contributed by atoms with van der Waals surface area (Å²) in [4.78, 5) is 11.0. The van der Waals surface area contributed by atoms with E-state index in [1.54, 1.807) is 20.8 Å². The maximum atomic E-state index is 11.0. The largest absolute Gasteiger partial charge is 0.444 e. The molecule has 4 heteroatoms. The van der Waals surface area contributed by atoms with E-state index in [0.717, 1.165) is 0 Å². The van der Waals surface area contributed by atoms with Crippen LogP contribution in [0.15, 0.2) is 0 Å². The summed E-state index contributed by atoms with van der Waals surface area (Å²) in [6.45, 7) is 3.17. The second-order valence-electron chi connectivity index (χ2n) is 2.94. The Labute approximate surface area is 74.9 Å². The van der Waals surface area contributed by atoms with Crippen LogP contribution in [0.25, 0.3) is 0 Å². The van der Waals surface area contributed by atoms with Crippen molar-refractivity contribution < 1.29 is 12.3 Å². The number of ether oxygens (including phenoxy) is 1. The monoisotopic (exact) mass is 181 g/mol. The van der Waals surface area contributed by atoms with Crippen molar-refractivity contribution in [2.45, 2.75) is 26.4 Å². The molecule has 0 aliphatic heterocycles. The Hall–Kier alpha value is -0.440. The number of hydrogen-bond donors (Lipinski definition) is 1. The second-order valence-corrected chi connectivity index (χ2v) is 3.20. The molecule has 66 valence electrons. The lowest BCUT2D eigenvalue weighted by Crippen LogP contribution is -2.33. The summed E-state index contributed by atoms with van der Waals surface area (Å²) in [5, 5.41) is 2.00. The number of rotatable bonds is 2. The van der Waals surface area contributed by atoms with Gasteiger partial charge in [-0.2, -0.15) is 0 Å². The van der Waals surface area contributed by atoms with Gasteiger partial charge < -0.3 is 10.1 Å². The highest BCUT2D eigenvalue weighted by Gasteiger charge is 2.14. The minimum atomic E-state index is -1.93. The molecule has 0 rings (SSSR count). The van der Waals surface area contributed by atoms with E-state index in [0.29, 0.717) is 0 Å². The van der Waals surface area contributed by atoms with Gasteiger partial charge in [-0.15, -0.1) is 11.6 Å². The molecule has 0 saturated heterocycles. The number of halogens is 1. The Morgan fingerprint density at radius 1 is 1.73 bits per heavy atom. The SMILES string of the molecule is [2H]C([2H])(CCl)NC(=O)OC(C)(C)C. The summed E-state index contributed by atoms with van der Waals surface area (Å²) in [7, 11) is 0. The molecule has 0 heterocycles. The van der Waals surface area contributed by atoms with E-state index in [-0.39, 0.29) is 5.88 Å². The minimum absolute atomic E-state index is 0.313. The molecule has 0 spiro atoms. The third-order valence-electron chi connectivity index (χ3n) is 0.656. The summed E-state index contributed by atoms with van der Waals surface area (Å²) in [6, 6.07) is 0. The number of carbonyl (C=O) groups excluding carboxylic acids is 1. The molecule has 0 fully saturated rings. The quantitative estimate of drug-likeness (QED) is 0.660. The van der Waals surface area contributed by atoms with Crippen LogP contribution in [0.1, 0.15) is 23.5 Å². The van der Waals surface area contributed by atoms with E-state index in [1.165, 1.54) is 0 Å². The topological polar surface area (TPSA) is 38.3 Å². The smallest absolute Gasteiger partial charge is 0.407 e. The summed E-state index contributed by atoms with van der Waals surface area (Å²) in [5.74, 6) is -0.313. The van der Waals surface area contributed by atoms with Gasteiger partial charge in [0.2, 0.25) is 0 Å². The first-order chi connectivity index (χ1) is 5.66. The Morgan fingerprint density at radius 3 is 2.64 bits per heavy atom. The fraction of sp³-hybridized carbons (Fsp3) is 0.857. The zero-order valence-electron chi connectivity index (χ0n) is 8.90. The van der Waals surface area contributed by atoms with Crippen molar-refractivity contribution in [3.63, 3.8) is 0 Å². The molecule has 0 atom stereocenters. The lowest BCUT2D eigenvalue weighted by Gasteiger charge is -2.19. The normalized spacial score (nSPS) is 14.9. The predicted octanol–water partition coefficient (Wildman–Crippen LogP) is 1.75. The highest BCUT2D eigenvalue weighted by Crippen LogP contribution is 2.05. The van der Waals surface area contributed by atoms with E-state index in [1.807, 2.05) is 5.32 Å². The molecule has 3 nitrogen and oxygen atoms in total. The molecule has 1 N–H and O–H groups in total. The molecule has 0 radical (unpaired) electrons. The standard InChI is InChI=1S/C7H14ClNO2/c1-7(2,3)11-6(10)9-5-4-8/h4-5H2,1-3H3,(H,9,10)/i5D2. The molecule has 0 aliphatic carbocycles. The first-order valence-electron chi connectivity index (χ1n) is 4.23. The maximum Gasteiger partial charge on any atom is 0.407 e. The average Bonchev–Trinajstić information content (AvgIpc) is 1.81. The number of carbonyl (C=O) groups is 1. The first kappa shape index (κ1) is 7.22. The van der Waals surface area contributed by atoms with Crippen molar-refractivity contribution in [2.75, 3.05) is 12.4 Å². The number of hydrogen-bond acceptors (Lipinski definition) is 2. The Balaban J connectivity index is 4.03. The number of amides is 1. The van der Waals surface area contributed by atoms with Gasteiger partial charge in [-0.1, -0.05) is 0 Å². The van der Waals surface area contributed by atoms with Crippen LogP contribution in [0.5, 0.6) is 0 Å². The lowest BCUT2D eigenvalue weighted by atomic mass is 10.2. The van der Waals surface area contributed by atoms with Crippen molar-refractivity contribution >= 4 is 17.7 Å². The van der Waals surface area contributed by atoms with Crippen LogP contribution in [-0.2, 0) is 4.74 Å². The van der Waals surface area contributed by atoms with E-state index >= 15 is 0 Å². The number of nitrogens with one attached hydrogen (secondary N) is 1. The molecule has 0 aromatic carbocycles.